The highest BCUT2D eigenvalue weighted by molar-refractivity contribution is 7.80. The zero-order chi connectivity index (χ0) is 19.1. The fraction of sp³-hybridized carbons (Fsp3) is 0.0476. The number of anilines is 1. The van der Waals surface area contributed by atoms with Crippen molar-refractivity contribution in [2.75, 3.05) is 5.32 Å². The number of carbonyl (C=O) groups excluding carboxylic acids is 1. The van der Waals surface area contributed by atoms with E-state index in [0.29, 0.717) is 5.02 Å². The van der Waals surface area contributed by atoms with Crippen molar-refractivity contribution >= 4 is 40.5 Å². The molecule has 0 aliphatic heterocycles. The van der Waals surface area contributed by atoms with Gasteiger partial charge in [0.1, 0.15) is 0 Å². The molecule has 0 bridgehead atoms. The first-order valence-electron chi connectivity index (χ1n) is 8.36. The van der Waals surface area contributed by atoms with E-state index in [4.69, 9.17) is 23.8 Å². The summed E-state index contributed by atoms with van der Waals surface area (Å²) in [6, 6.07) is 26.3. The third kappa shape index (κ3) is 5.29. The Morgan fingerprint density at radius 1 is 0.778 bits per heavy atom. The Bertz CT molecular complexity index is 862. The van der Waals surface area contributed by atoms with Crippen molar-refractivity contribution in [1.29, 1.82) is 0 Å². The minimum absolute atomic E-state index is 0.201. The number of nitrogens with one attached hydrogen (secondary N) is 3. The lowest BCUT2D eigenvalue weighted by Gasteiger charge is -2.19. The molecule has 0 aromatic heterocycles. The lowest BCUT2D eigenvalue weighted by Crippen LogP contribution is -2.45. The third-order valence-electron chi connectivity index (χ3n) is 3.93. The monoisotopic (exact) mass is 395 g/mol. The lowest BCUT2D eigenvalue weighted by molar-refractivity contribution is -0.122. The molecule has 0 saturated carbocycles. The van der Waals surface area contributed by atoms with Gasteiger partial charge in [-0.15, -0.1) is 0 Å². The molecule has 0 saturated heterocycles. The van der Waals surface area contributed by atoms with Gasteiger partial charge in [0, 0.05) is 10.7 Å². The van der Waals surface area contributed by atoms with Crippen LogP contribution in [0.5, 0.6) is 0 Å². The van der Waals surface area contributed by atoms with Gasteiger partial charge in [0.15, 0.2) is 5.11 Å². The van der Waals surface area contributed by atoms with Crippen LogP contribution in [0.1, 0.15) is 17.0 Å². The molecule has 6 heteroatoms. The van der Waals surface area contributed by atoms with Crippen molar-refractivity contribution in [1.82, 2.24) is 10.9 Å². The maximum atomic E-state index is 12.9. The second-order valence-corrected chi connectivity index (χ2v) is 6.67. The number of thiocarbonyl (C=S) groups is 1. The first-order chi connectivity index (χ1) is 13.1. The molecular weight excluding hydrogens is 378 g/mol. The average molecular weight is 396 g/mol. The molecule has 0 radical (unpaired) electrons. The first-order valence-corrected chi connectivity index (χ1v) is 9.14. The molecule has 3 N–H and O–H groups in total. The van der Waals surface area contributed by atoms with Gasteiger partial charge in [-0.3, -0.25) is 15.6 Å². The average Bonchev–Trinajstić information content (AvgIpc) is 2.70. The SMILES string of the molecule is O=C(NNC(=S)Nc1ccc(Cl)cc1)C(c1ccccc1)c1ccccc1. The number of hydrogen-bond acceptors (Lipinski definition) is 2. The fourth-order valence-electron chi connectivity index (χ4n) is 2.67. The highest BCUT2D eigenvalue weighted by Crippen LogP contribution is 2.24. The van der Waals surface area contributed by atoms with Crippen LogP contribution >= 0.6 is 23.8 Å². The normalized spacial score (nSPS) is 10.3. The van der Waals surface area contributed by atoms with Gasteiger partial charge < -0.3 is 5.32 Å². The van der Waals surface area contributed by atoms with Crippen LogP contribution in [0.25, 0.3) is 0 Å². The Morgan fingerprint density at radius 2 is 1.30 bits per heavy atom. The van der Waals surface area contributed by atoms with E-state index in [-0.39, 0.29) is 11.0 Å². The molecule has 3 aromatic rings. The van der Waals surface area contributed by atoms with E-state index in [1.807, 2.05) is 60.7 Å². The molecule has 0 fully saturated rings. The van der Waals surface area contributed by atoms with Crippen LogP contribution in [0.3, 0.4) is 0 Å². The molecule has 4 nitrogen and oxygen atoms in total. The Kier molecular flexibility index (Phi) is 6.41. The van der Waals surface area contributed by atoms with E-state index in [1.54, 1.807) is 24.3 Å². The van der Waals surface area contributed by atoms with Crippen LogP contribution in [0, 0.1) is 0 Å². The molecule has 0 unspecified atom stereocenters. The molecule has 0 atom stereocenters. The van der Waals surface area contributed by atoms with Gasteiger partial charge >= 0.3 is 0 Å². The van der Waals surface area contributed by atoms with Gasteiger partial charge in [-0.2, -0.15) is 0 Å². The predicted molar refractivity (Wildman–Crippen MR) is 114 cm³/mol. The van der Waals surface area contributed by atoms with E-state index < -0.39 is 5.92 Å². The van der Waals surface area contributed by atoms with Gasteiger partial charge in [-0.1, -0.05) is 72.3 Å². The summed E-state index contributed by atoms with van der Waals surface area (Å²) >= 11 is 11.1. The quantitative estimate of drug-likeness (QED) is 0.450. The summed E-state index contributed by atoms with van der Waals surface area (Å²) in [5.74, 6) is -0.647. The highest BCUT2D eigenvalue weighted by atomic mass is 35.5. The summed E-state index contributed by atoms with van der Waals surface area (Å²) in [6.07, 6.45) is 0. The van der Waals surface area contributed by atoms with Crippen molar-refractivity contribution in [3.8, 4) is 0 Å². The summed E-state index contributed by atoms with van der Waals surface area (Å²) in [5.41, 5.74) is 8.02. The van der Waals surface area contributed by atoms with Crippen molar-refractivity contribution in [2.24, 2.45) is 0 Å². The molecule has 0 aliphatic rings. The van der Waals surface area contributed by atoms with E-state index in [0.717, 1.165) is 16.8 Å². The number of hydrazine groups is 1. The molecule has 136 valence electrons. The molecule has 0 heterocycles. The molecule has 1 amide bonds. The fourth-order valence-corrected chi connectivity index (χ4v) is 2.97. The van der Waals surface area contributed by atoms with Crippen molar-refractivity contribution in [3.63, 3.8) is 0 Å². The van der Waals surface area contributed by atoms with Crippen molar-refractivity contribution < 1.29 is 4.79 Å². The number of rotatable bonds is 4. The topological polar surface area (TPSA) is 53.2 Å². The number of hydrogen-bond donors (Lipinski definition) is 3. The Labute approximate surface area is 168 Å². The summed E-state index contributed by atoms with van der Waals surface area (Å²) in [6.45, 7) is 0. The van der Waals surface area contributed by atoms with Crippen LogP contribution in [0.2, 0.25) is 5.02 Å². The summed E-state index contributed by atoms with van der Waals surface area (Å²) in [5, 5.41) is 3.91. The Balaban J connectivity index is 1.68. The standard InChI is InChI=1S/C21H18ClN3OS/c22-17-11-13-18(14-12-17)23-21(27)25-24-20(26)19(15-7-3-1-4-8-15)16-9-5-2-6-10-16/h1-14,19H,(H,24,26)(H2,23,25,27). The molecule has 27 heavy (non-hydrogen) atoms. The largest absolute Gasteiger partial charge is 0.331 e. The smallest absolute Gasteiger partial charge is 0.250 e. The van der Waals surface area contributed by atoms with Gasteiger partial charge in [-0.25, -0.2) is 0 Å². The third-order valence-corrected chi connectivity index (χ3v) is 4.39. The number of amides is 1. The minimum atomic E-state index is -0.446. The van der Waals surface area contributed by atoms with Crippen LogP contribution in [0.15, 0.2) is 84.9 Å². The van der Waals surface area contributed by atoms with E-state index >= 15 is 0 Å². The molecule has 3 aromatic carbocycles. The predicted octanol–water partition coefficient (Wildman–Crippen LogP) is 4.49. The van der Waals surface area contributed by atoms with E-state index in [1.165, 1.54) is 0 Å². The number of carbonyl (C=O) groups is 1. The van der Waals surface area contributed by atoms with E-state index in [9.17, 15) is 4.79 Å². The Morgan fingerprint density at radius 3 is 1.81 bits per heavy atom. The summed E-state index contributed by atoms with van der Waals surface area (Å²) in [7, 11) is 0. The first kappa shape index (κ1) is 18.9. The maximum absolute atomic E-state index is 12.9. The minimum Gasteiger partial charge on any atom is -0.331 e. The highest BCUT2D eigenvalue weighted by Gasteiger charge is 2.22. The summed E-state index contributed by atoms with van der Waals surface area (Å²) < 4.78 is 0. The molecule has 3 rings (SSSR count). The van der Waals surface area contributed by atoms with Crippen LogP contribution < -0.4 is 16.2 Å². The zero-order valence-electron chi connectivity index (χ0n) is 14.4. The second kappa shape index (κ2) is 9.16. The van der Waals surface area contributed by atoms with Gasteiger partial charge in [0.2, 0.25) is 5.91 Å². The lowest BCUT2D eigenvalue weighted by atomic mass is 9.91. The zero-order valence-corrected chi connectivity index (χ0v) is 15.9. The molecule has 0 aliphatic carbocycles. The van der Waals surface area contributed by atoms with E-state index in [2.05, 4.69) is 16.2 Å². The maximum Gasteiger partial charge on any atom is 0.250 e. The number of halogens is 1. The van der Waals surface area contributed by atoms with Crippen molar-refractivity contribution in [2.45, 2.75) is 5.92 Å². The summed E-state index contributed by atoms with van der Waals surface area (Å²) in [4.78, 5) is 12.9. The molecule has 0 spiro atoms. The van der Waals surface area contributed by atoms with Crippen LogP contribution in [-0.4, -0.2) is 11.0 Å². The van der Waals surface area contributed by atoms with Gasteiger partial charge in [0.05, 0.1) is 5.92 Å². The number of benzene rings is 3. The van der Waals surface area contributed by atoms with Crippen LogP contribution in [-0.2, 0) is 4.79 Å². The van der Waals surface area contributed by atoms with Crippen LogP contribution in [0.4, 0.5) is 5.69 Å². The second-order valence-electron chi connectivity index (χ2n) is 5.83. The Hall–Kier alpha value is -2.89. The van der Waals surface area contributed by atoms with Gasteiger partial charge in [-0.05, 0) is 47.6 Å². The van der Waals surface area contributed by atoms with Gasteiger partial charge in [0.25, 0.3) is 0 Å². The van der Waals surface area contributed by atoms with Crippen molar-refractivity contribution in [3.05, 3.63) is 101 Å². The molecular formula is C21H18ClN3OS.